The van der Waals surface area contributed by atoms with Crippen LogP contribution in [-0.4, -0.2) is 22.8 Å². The number of rotatable bonds is 5. The highest BCUT2D eigenvalue weighted by molar-refractivity contribution is 8.00. The fourth-order valence-electron chi connectivity index (χ4n) is 1.25. The maximum absolute atomic E-state index is 8.81. The Morgan fingerprint density at radius 2 is 2.20 bits per heavy atom. The second-order valence-electron chi connectivity index (χ2n) is 3.35. The van der Waals surface area contributed by atoms with E-state index in [9.17, 15) is 0 Å². The van der Waals surface area contributed by atoms with E-state index in [1.807, 2.05) is 24.3 Å². The number of nitrogens with one attached hydrogen (secondary N) is 1. The van der Waals surface area contributed by atoms with E-state index in [0.717, 1.165) is 16.9 Å². The molecule has 3 nitrogen and oxygen atoms in total. The number of benzene rings is 1. The summed E-state index contributed by atoms with van der Waals surface area (Å²) in [5, 5.41) is 16.6. The van der Waals surface area contributed by atoms with E-state index < -0.39 is 0 Å². The van der Waals surface area contributed by atoms with Crippen molar-refractivity contribution >= 4 is 17.6 Å². The molecule has 0 aliphatic heterocycles. The Morgan fingerprint density at radius 3 is 2.80 bits per heavy atom. The Balaban J connectivity index is 2.79. The van der Waals surface area contributed by atoms with E-state index in [4.69, 9.17) is 16.2 Å². The zero-order chi connectivity index (χ0) is 11.3. The lowest BCUT2D eigenvalue weighted by molar-refractivity contribution is 0.289. The highest BCUT2D eigenvalue weighted by Gasteiger charge is 2.09. The molecule has 0 bridgehead atoms. The molecule has 15 heavy (non-hydrogen) atoms. The first-order valence-corrected chi connectivity index (χ1v) is 5.74. The van der Waals surface area contributed by atoms with E-state index in [-0.39, 0.29) is 12.4 Å². The van der Waals surface area contributed by atoms with Gasteiger partial charge in [-0.25, -0.2) is 0 Å². The van der Waals surface area contributed by atoms with Crippen molar-refractivity contribution in [3.63, 3.8) is 0 Å². The van der Waals surface area contributed by atoms with E-state index in [1.54, 1.807) is 11.8 Å². The van der Waals surface area contributed by atoms with Gasteiger partial charge >= 0.3 is 0 Å². The van der Waals surface area contributed by atoms with Crippen LogP contribution in [0.5, 0.6) is 0 Å². The van der Waals surface area contributed by atoms with Crippen molar-refractivity contribution in [1.82, 2.24) is 0 Å². The van der Waals surface area contributed by atoms with Crippen molar-refractivity contribution in [1.29, 1.82) is 5.41 Å². The van der Waals surface area contributed by atoms with Gasteiger partial charge in [-0.15, -0.1) is 11.8 Å². The van der Waals surface area contributed by atoms with Crippen LogP contribution < -0.4 is 5.73 Å². The molecular formula is C11H16N2OS. The maximum atomic E-state index is 8.81. The molecule has 82 valence electrons. The second-order valence-corrected chi connectivity index (χ2v) is 4.83. The van der Waals surface area contributed by atoms with Gasteiger partial charge in [0.2, 0.25) is 0 Å². The summed E-state index contributed by atoms with van der Waals surface area (Å²) in [5.74, 6) is 0.0919. The third-order valence-corrected chi connectivity index (χ3v) is 3.29. The summed E-state index contributed by atoms with van der Waals surface area (Å²) >= 11 is 1.64. The van der Waals surface area contributed by atoms with Gasteiger partial charge in [0.15, 0.2) is 0 Å². The average molecular weight is 224 g/mol. The fraction of sp³-hybridized carbons (Fsp3) is 0.364. The SMILES string of the molecule is CC(CCO)Sc1ccccc1C(=N)N. The van der Waals surface area contributed by atoms with Gasteiger partial charge in [-0.1, -0.05) is 25.1 Å². The number of hydrogen-bond donors (Lipinski definition) is 3. The number of hydrogen-bond acceptors (Lipinski definition) is 3. The summed E-state index contributed by atoms with van der Waals surface area (Å²) in [4.78, 5) is 1.01. The number of amidine groups is 1. The van der Waals surface area contributed by atoms with Gasteiger partial charge in [0, 0.05) is 22.3 Å². The van der Waals surface area contributed by atoms with Gasteiger partial charge < -0.3 is 10.8 Å². The third kappa shape index (κ3) is 3.57. The highest BCUT2D eigenvalue weighted by atomic mass is 32.2. The Hall–Kier alpha value is -1.00. The lowest BCUT2D eigenvalue weighted by Gasteiger charge is -2.12. The summed E-state index contributed by atoms with van der Waals surface area (Å²) in [5.41, 5.74) is 6.26. The van der Waals surface area contributed by atoms with Crippen LogP contribution in [0.4, 0.5) is 0 Å². The molecule has 0 amide bonds. The molecule has 0 spiro atoms. The molecule has 0 saturated carbocycles. The fourth-order valence-corrected chi connectivity index (χ4v) is 2.37. The molecule has 4 N–H and O–H groups in total. The second kappa shape index (κ2) is 5.78. The topological polar surface area (TPSA) is 70.1 Å². The zero-order valence-corrected chi connectivity index (χ0v) is 9.55. The van der Waals surface area contributed by atoms with Gasteiger partial charge in [-0.3, -0.25) is 5.41 Å². The number of aliphatic hydroxyl groups is 1. The molecule has 0 aliphatic rings. The van der Waals surface area contributed by atoms with Gasteiger partial charge in [0.25, 0.3) is 0 Å². The first-order chi connectivity index (χ1) is 7.15. The summed E-state index contributed by atoms with van der Waals surface area (Å²) < 4.78 is 0. The standard InChI is InChI=1S/C11H16N2OS/c1-8(6-7-14)15-10-5-3-2-4-9(10)11(12)13/h2-5,8,14H,6-7H2,1H3,(H3,12,13). The molecule has 0 fully saturated rings. The minimum atomic E-state index is 0.0919. The van der Waals surface area contributed by atoms with Crippen LogP contribution in [0.1, 0.15) is 18.9 Å². The smallest absolute Gasteiger partial charge is 0.123 e. The largest absolute Gasteiger partial charge is 0.396 e. The molecular weight excluding hydrogens is 208 g/mol. The van der Waals surface area contributed by atoms with Crippen LogP contribution in [0.2, 0.25) is 0 Å². The van der Waals surface area contributed by atoms with Crippen LogP contribution in [0.25, 0.3) is 0 Å². The Morgan fingerprint density at radius 1 is 1.53 bits per heavy atom. The van der Waals surface area contributed by atoms with Crippen LogP contribution in [0.15, 0.2) is 29.2 Å². The van der Waals surface area contributed by atoms with E-state index in [2.05, 4.69) is 6.92 Å². The van der Waals surface area contributed by atoms with Gasteiger partial charge in [0.05, 0.1) is 0 Å². The molecule has 1 aromatic rings. The van der Waals surface area contributed by atoms with Crippen LogP contribution in [0.3, 0.4) is 0 Å². The van der Waals surface area contributed by atoms with Crippen molar-refractivity contribution in [2.75, 3.05) is 6.61 Å². The number of nitrogens with two attached hydrogens (primary N) is 1. The van der Waals surface area contributed by atoms with Crippen molar-refractivity contribution in [2.45, 2.75) is 23.5 Å². The normalized spacial score (nSPS) is 12.4. The van der Waals surface area contributed by atoms with E-state index >= 15 is 0 Å². The molecule has 0 aromatic heterocycles. The van der Waals surface area contributed by atoms with Gasteiger partial charge in [-0.2, -0.15) is 0 Å². The molecule has 0 heterocycles. The molecule has 0 radical (unpaired) electrons. The van der Waals surface area contributed by atoms with Crippen molar-refractivity contribution in [3.8, 4) is 0 Å². The molecule has 0 saturated heterocycles. The minimum Gasteiger partial charge on any atom is -0.396 e. The van der Waals surface area contributed by atoms with E-state index in [0.29, 0.717) is 5.25 Å². The van der Waals surface area contributed by atoms with Gasteiger partial charge in [-0.05, 0) is 12.5 Å². The van der Waals surface area contributed by atoms with Gasteiger partial charge in [0.1, 0.15) is 5.84 Å². The minimum absolute atomic E-state index is 0.0919. The van der Waals surface area contributed by atoms with Crippen molar-refractivity contribution in [3.05, 3.63) is 29.8 Å². The molecule has 1 unspecified atom stereocenters. The van der Waals surface area contributed by atoms with Crippen molar-refractivity contribution < 1.29 is 5.11 Å². The number of aliphatic hydroxyl groups excluding tert-OH is 1. The highest BCUT2D eigenvalue weighted by Crippen LogP contribution is 2.27. The Labute approximate surface area is 94.2 Å². The molecule has 1 atom stereocenters. The first kappa shape index (κ1) is 12.1. The Bertz CT molecular complexity index is 341. The first-order valence-electron chi connectivity index (χ1n) is 4.86. The third-order valence-electron chi connectivity index (χ3n) is 2.04. The monoisotopic (exact) mass is 224 g/mol. The quantitative estimate of drug-likeness (QED) is 0.406. The van der Waals surface area contributed by atoms with Crippen LogP contribution >= 0.6 is 11.8 Å². The summed E-state index contributed by atoms with van der Waals surface area (Å²) in [7, 11) is 0. The van der Waals surface area contributed by atoms with Crippen LogP contribution in [0, 0.1) is 5.41 Å². The summed E-state index contributed by atoms with van der Waals surface area (Å²) in [6.45, 7) is 2.24. The zero-order valence-electron chi connectivity index (χ0n) is 8.73. The predicted octanol–water partition coefficient (Wildman–Crippen LogP) is 1.83. The summed E-state index contributed by atoms with van der Waals surface area (Å²) in [6, 6.07) is 7.60. The molecule has 1 aromatic carbocycles. The van der Waals surface area contributed by atoms with Crippen LogP contribution in [-0.2, 0) is 0 Å². The lowest BCUT2D eigenvalue weighted by atomic mass is 10.2. The number of thioether (sulfide) groups is 1. The molecule has 4 heteroatoms. The lowest BCUT2D eigenvalue weighted by Crippen LogP contribution is -2.12. The van der Waals surface area contributed by atoms with E-state index in [1.165, 1.54) is 0 Å². The summed E-state index contributed by atoms with van der Waals surface area (Å²) in [6.07, 6.45) is 0.747. The molecule has 0 aliphatic carbocycles. The Kier molecular flexibility index (Phi) is 4.65. The molecule has 1 rings (SSSR count). The maximum Gasteiger partial charge on any atom is 0.123 e. The average Bonchev–Trinajstić information content (AvgIpc) is 2.18. The van der Waals surface area contributed by atoms with Crippen molar-refractivity contribution in [2.24, 2.45) is 5.73 Å². The predicted molar refractivity (Wildman–Crippen MR) is 64.5 cm³/mol. The number of nitrogen functional groups attached to an aromatic ring is 1.